The first-order chi connectivity index (χ1) is 8.49. The van der Waals surface area contributed by atoms with Crippen LogP contribution in [0.25, 0.3) is 0 Å². The van der Waals surface area contributed by atoms with Gasteiger partial charge < -0.3 is 15.6 Å². The Balaban J connectivity index is 2.27. The molecule has 5 heteroatoms. The molecule has 4 nitrogen and oxygen atoms in total. The lowest BCUT2D eigenvalue weighted by atomic mass is 10.2. The fourth-order valence-electron chi connectivity index (χ4n) is 1.75. The third-order valence-corrected chi connectivity index (χ3v) is 2.77. The number of rotatable bonds is 2. The zero-order chi connectivity index (χ0) is 13.3. The van der Waals surface area contributed by atoms with Crippen molar-refractivity contribution in [3.05, 3.63) is 47.5 Å². The SMILES string of the molecule is Cc1c(F)cccc1NC(=O)c1cc(N)cn1C. The second-order valence-corrected chi connectivity index (χ2v) is 4.14. The summed E-state index contributed by atoms with van der Waals surface area (Å²) in [6.07, 6.45) is 1.65. The second kappa shape index (κ2) is 4.52. The molecule has 94 valence electrons. The number of nitrogens with one attached hydrogen (secondary N) is 1. The first-order valence-corrected chi connectivity index (χ1v) is 5.47. The van der Waals surface area contributed by atoms with E-state index in [1.165, 1.54) is 6.07 Å². The number of halogens is 1. The molecule has 0 radical (unpaired) electrons. The van der Waals surface area contributed by atoms with Gasteiger partial charge in [0.25, 0.3) is 5.91 Å². The summed E-state index contributed by atoms with van der Waals surface area (Å²) in [6.45, 7) is 1.62. The highest BCUT2D eigenvalue weighted by atomic mass is 19.1. The van der Waals surface area contributed by atoms with E-state index in [1.807, 2.05) is 0 Å². The molecule has 2 rings (SSSR count). The molecule has 0 atom stereocenters. The summed E-state index contributed by atoms with van der Waals surface area (Å²) >= 11 is 0. The Morgan fingerprint density at radius 1 is 1.44 bits per heavy atom. The molecule has 0 fully saturated rings. The van der Waals surface area contributed by atoms with Crippen LogP contribution in [0.1, 0.15) is 16.1 Å². The van der Waals surface area contributed by atoms with Crippen molar-refractivity contribution in [1.29, 1.82) is 0 Å². The number of nitrogens with two attached hydrogens (primary N) is 1. The van der Waals surface area contributed by atoms with Crippen molar-refractivity contribution in [2.75, 3.05) is 11.1 Å². The molecule has 1 heterocycles. The fraction of sp³-hybridized carbons (Fsp3) is 0.154. The van der Waals surface area contributed by atoms with E-state index in [9.17, 15) is 9.18 Å². The van der Waals surface area contributed by atoms with E-state index < -0.39 is 0 Å². The third-order valence-electron chi connectivity index (χ3n) is 2.77. The highest BCUT2D eigenvalue weighted by Crippen LogP contribution is 2.19. The smallest absolute Gasteiger partial charge is 0.272 e. The number of nitrogen functional groups attached to an aromatic ring is 1. The van der Waals surface area contributed by atoms with E-state index in [2.05, 4.69) is 5.32 Å². The van der Waals surface area contributed by atoms with Crippen molar-refractivity contribution in [2.24, 2.45) is 7.05 Å². The zero-order valence-corrected chi connectivity index (χ0v) is 10.2. The number of amides is 1. The molecular formula is C13H14FN3O. The van der Waals surface area contributed by atoms with Gasteiger partial charge in [-0.3, -0.25) is 4.79 Å². The zero-order valence-electron chi connectivity index (χ0n) is 10.2. The van der Waals surface area contributed by atoms with Crippen LogP contribution in [0.3, 0.4) is 0 Å². The maximum absolute atomic E-state index is 13.3. The Hall–Kier alpha value is -2.30. The average molecular weight is 247 g/mol. The van der Waals surface area contributed by atoms with Crippen LogP contribution in [-0.2, 0) is 7.05 Å². The quantitative estimate of drug-likeness (QED) is 0.855. The number of aromatic nitrogens is 1. The maximum Gasteiger partial charge on any atom is 0.272 e. The van der Waals surface area contributed by atoms with Crippen LogP contribution in [0.5, 0.6) is 0 Å². The van der Waals surface area contributed by atoms with Crippen LogP contribution in [0.15, 0.2) is 30.5 Å². The van der Waals surface area contributed by atoms with E-state index in [-0.39, 0.29) is 11.7 Å². The minimum atomic E-state index is -0.348. The van der Waals surface area contributed by atoms with Crippen molar-refractivity contribution < 1.29 is 9.18 Å². The Kier molecular flexibility index (Phi) is 3.06. The molecular weight excluding hydrogens is 233 g/mol. The van der Waals surface area contributed by atoms with Crippen molar-refractivity contribution >= 4 is 17.3 Å². The molecule has 1 aromatic carbocycles. The van der Waals surface area contributed by atoms with Gasteiger partial charge in [-0.15, -0.1) is 0 Å². The third kappa shape index (κ3) is 2.20. The molecule has 0 aliphatic heterocycles. The summed E-state index contributed by atoms with van der Waals surface area (Å²) in [5.74, 6) is -0.665. The van der Waals surface area contributed by atoms with Crippen LogP contribution < -0.4 is 11.1 Å². The number of aryl methyl sites for hydroxylation is 1. The van der Waals surface area contributed by atoms with Crippen LogP contribution in [0.2, 0.25) is 0 Å². The van der Waals surface area contributed by atoms with Crippen molar-refractivity contribution in [1.82, 2.24) is 4.57 Å². The summed E-state index contributed by atoms with van der Waals surface area (Å²) in [4.78, 5) is 12.0. The summed E-state index contributed by atoms with van der Waals surface area (Å²) in [6, 6.07) is 6.13. The molecule has 3 N–H and O–H groups in total. The number of benzene rings is 1. The largest absolute Gasteiger partial charge is 0.397 e. The molecule has 0 aliphatic rings. The molecule has 18 heavy (non-hydrogen) atoms. The molecule has 2 aromatic rings. The Morgan fingerprint density at radius 3 is 2.78 bits per heavy atom. The average Bonchev–Trinajstić information content (AvgIpc) is 2.64. The lowest BCUT2D eigenvalue weighted by molar-refractivity contribution is 0.101. The Labute approximate surface area is 104 Å². The summed E-state index contributed by atoms with van der Waals surface area (Å²) in [7, 11) is 1.73. The van der Waals surface area contributed by atoms with Crippen molar-refractivity contribution in [3.63, 3.8) is 0 Å². The molecule has 0 aliphatic carbocycles. The summed E-state index contributed by atoms with van der Waals surface area (Å²) in [5, 5.41) is 2.67. The van der Waals surface area contributed by atoms with Crippen molar-refractivity contribution in [3.8, 4) is 0 Å². The first kappa shape index (κ1) is 12.2. The number of carbonyl (C=O) groups excluding carboxylic acids is 1. The van der Waals surface area contributed by atoms with Crippen molar-refractivity contribution in [2.45, 2.75) is 6.92 Å². The topological polar surface area (TPSA) is 60.1 Å². The molecule has 0 saturated carbocycles. The predicted molar refractivity (Wildman–Crippen MR) is 68.9 cm³/mol. The van der Waals surface area contributed by atoms with Gasteiger partial charge in [-0.2, -0.15) is 0 Å². The van der Waals surface area contributed by atoms with Gasteiger partial charge in [0.05, 0.1) is 5.69 Å². The number of carbonyl (C=O) groups is 1. The van der Waals surface area contributed by atoms with Gasteiger partial charge in [0, 0.05) is 24.5 Å². The lowest BCUT2D eigenvalue weighted by Crippen LogP contribution is -2.16. The summed E-state index contributed by atoms with van der Waals surface area (Å²) < 4.78 is 15.0. The number of nitrogens with zero attached hydrogens (tertiary/aromatic N) is 1. The number of anilines is 2. The Morgan fingerprint density at radius 2 is 2.17 bits per heavy atom. The van der Waals surface area contributed by atoms with Crippen LogP contribution in [0.4, 0.5) is 15.8 Å². The van der Waals surface area contributed by atoms with E-state index in [0.29, 0.717) is 22.6 Å². The molecule has 1 amide bonds. The monoisotopic (exact) mass is 247 g/mol. The minimum Gasteiger partial charge on any atom is -0.397 e. The minimum absolute atomic E-state index is 0.317. The van der Waals surface area contributed by atoms with E-state index in [0.717, 1.165) is 0 Å². The highest BCUT2D eigenvalue weighted by molar-refractivity contribution is 6.04. The summed E-state index contributed by atoms with van der Waals surface area (Å²) in [5.41, 5.74) is 7.41. The molecule has 0 spiro atoms. The molecule has 0 bridgehead atoms. The second-order valence-electron chi connectivity index (χ2n) is 4.14. The van der Waals surface area contributed by atoms with Gasteiger partial charge in [0.2, 0.25) is 0 Å². The number of hydrogen-bond acceptors (Lipinski definition) is 2. The van der Waals surface area contributed by atoms with E-state index in [4.69, 9.17) is 5.73 Å². The Bertz CT molecular complexity index is 604. The van der Waals surface area contributed by atoms with E-state index in [1.54, 1.807) is 42.9 Å². The van der Waals surface area contributed by atoms with Crippen LogP contribution in [0, 0.1) is 12.7 Å². The van der Waals surface area contributed by atoms with Gasteiger partial charge in [-0.05, 0) is 25.1 Å². The first-order valence-electron chi connectivity index (χ1n) is 5.47. The standard InChI is InChI=1S/C13H14FN3O/c1-8-10(14)4-3-5-11(8)16-13(18)12-6-9(15)7-17(12)2/h3-7H,15H2,1-2H3,(H,16,18). The van der Waals surface area contributed by atoms with Gasteiger partial charge >= 0.3 is 0 Å². The lowest BCUT2D eigenvalue weighted by Gasteiger charge is -2.09. The number of hydrogen-bond donors (Lipinski definition) is 2. The van der Waals surface area contributed by atoms with E-state index >= 15 is 0 Å². The van der Waals surface area contributed by atoms with Gasteiger partial charge in [-0.1, -0.05) is 6.07 Å². The predicted octanol–water partition coefficient (Wildman–Crippen LogP) is 2.31. The maximum atomic E-state index is 13.3. The van der Waals surface area contributed by atoms with Gasteiger partial charge in [0.1, 0.15) is 11.5 Å². The molecule has 1 aromatic heterocycles. The molecule has 0 saturated heterocycles. The molecule has 0 unspecified atom stereocenters. The fourth-order valence-corrected chi connectivity index (χ4v) is 1.75. The normalized spacial score (nSPS) is 10.4. The van der Waals surface area contributed by atoms with Crippen LogP contribution >= 0.6 is 0 Å². The highest BCUT2D eigenvalue weighted by Gasteiger charge is 2.13. The van der Waals surface area contributed by atoms with Gasteiger partial charge in [0.15, 0.2) is 0 Å². The van der Waals surface area contributed by atoms with Crippen LogP contribution in [-0.4, -0.2) is 10.5 Å². The van der Waals surface area contributed by atoms with Gasteiger partial charge in [-0.25, -0.2) is 4.39 Å².